The first-order chi connectivity index (χ1) is 22.0. The summed E-state index contributed by atoms with van der Waals surface area (Å²) < 4.78 is 18.1. The lowest BCUT2D eigenvalue weighted by Gasteiger charge is -2.33. The standard InChI is InChI=1S/C34H36FN7O2S2/c1-18-7-6-8-19(2)29(18)41-32(44)28-23-13-11-21(34(3,4)5)15-26(23)46-31(28)37-33(41)45-17-27(43)36-25-16-22(12-14-24(25)35)42-30(20-9-10-20)38-39-40-42/h6-8,12,14,16,20-21H,9-11,13,15,17H2,1-5H3,(H,36,43). The number of amides is 1. The van der Waals surface area contributed by atoms with E-state index in [4.69, 9.17) is 4.98 Å². The molecule has 0 radical (unpaired) electrons. The Bertz CT molecular complexity index is 2030. The van der Waals surface area contributed by atoms with Crippen molar-refractivity contribution in [2.45, 2.75) is 77.8 Å². The first-order valence-electron chi connectivity index (χ1n) is 15.6. The summed E-state index contributed by atoms with van der Waals surface area (Å²) in [5.41, 5.74) is 4.46. The summed E-state index contributed by atoms with van der Waals surface area (Å²) in [5, 5.41) is 15.8. The zero-order valence-electron chi connectivity index (χ0n) is 26.6. The largest absolute Gasteiger partial charge is 0.323 e. The average molecular weight is 658 g/mol. The number of nitrogens with zero attached hydrogens (tertiary/aromatic N) is 6. The van der Waals surface area contributed by atoms with E-state index in [2.05, 4.69) is 41.6 Å². The van der Waals surface area contributed by atoms with E-state index in [1.165, 1.54) is 28.8 Å². The molecule has 1 amide bonds. The molecule has 5 aromatic rings. The van der Waals surface area contributed by atoms with Gasteiger partial charge in [-0.05, 0) is 103 Å². The van der Waals surface area contributed by atoms with Crippen LogP contribution in [-0.4, -0.2) is 41.4 Å². The third-order valence-electron chi connectivity index (χ3n) is 9.18. The molecule has 1 N–H and O–H groups in total. The number of thiophene rings is 1. The van der Waals surface area contributed by atoms with Crippen LogP contribution in [0.2, 0.25) is 0 Å². The highest BCUT2D eigenvalue weighted by molar-refractivity contribution is 7.99. The van der Waals surface area contributed by atoms with Gasteiger partial charge < -0.3 is 5.32 Å². The Morgan fingerprint density at radius 1 is 1.13 bits per heavy atom. The van der Waals surface area contributed by atoms with Crippen LogP contribution >= 0.6 is 23.1 Å². The van der Waals surface area contributed by atoms with Gasteiger partial charge in [-0.15, -0.1) is 16.4 Å². The van der Waals surface area contributed by atoms with Crippen LogP contribution in [-0.2, 0) is 17.6 Å². The second-order valence-electron chi connectivity index (χ2n) is 13.5. The van der Waals surface area contributed by atoms with Gasteiger partial charge in [-0.1, -0.05) is 50.7 Å². The molecule has 0 bridgehead atoms. The number of fused-ring (bicyclic) bond motifs is 3. The van der Waals surface area contributed by atoms with Crippen molar-refractivity contribution < 1.29 is 9.18 Å². The van der Waals surface area contributed by atoms with E-state index in [0.717, 1.165) is 60.3 Å². The SMILES string of the molecule is Cc1cccc(C)c1-n1c(SCC(=O)Nc2cc(-n3nnnc3C3CC3)ccc2F)nc2sc3c(c2c1=O)CCC(C(C)(C)C)C3. The fraction of sp³-hybridized carbons (Fsp3) is 0.412. The average Bonchev–Trinajstić information content (AvgIpc) is 3.61. The van der Waals surface area contributed by atoms with Crippen LogP contribution in [0, 0.1) is 31.0 Å². The van der Waals surface area contributed by atoms with E-state index in [1.54, 1.807) is 26.7 Å². The Hall–Kier alpha value is -3.90. The lowest BCUT2D eigenvalue weighted by atomic mass is 9.72. The number of benzene rings is 2. The minimum atomic E-state index is -0.562. The molecule has 1 fully saturated rings. The maximum absolute atomic E-state index is 14.9. The molecule has 1 atom stereocenters. The molecule has 0 aliphatic heterocycles. The maximum Gasteiger partial charge on any atom is 0.267 e. The molecule has 2 aromatic carbocycles. The number of carbonyl (C=O) groups is 1. The number of nitrogens with one attached hydrogen (secondary N) is 1. The van der Waals surface area contributed by atoms with Crippen LogP contribution in [0.4, 0.5) is 10.1 Å². The molecule has 1 unspecified atom stereocenters. The molecule has 2 aliphatic carbocycles. The van der Waals surface area contributed by atoms with Crippen LogP contribution in [0.3, 0.4) is 0 Å². The van der Waals surface area contributed by atoms with Gasteiger partial charge in [-0.25, -0.2) is 9.37 Å². The quantitative estimate of drug-likeness (QED) is 0.149. The minimum Gasteiger partial charge on any atom is -0.323 e. The van der Waals surface area contributed by atoms with Crippen LogP contribution in [0.25, 0.3) is 21.6 Å². The monoisotopic (exact) mass is 657 g/mol. The van der Waals surface area contributed by atoms with Crippen molar-refractivity contribution in [1.29, 1.82) is 0 Å². The van der Waals surface area contributed by atoms with Gasteiger partial charge in [0.15, 0.2) is 11.0 Å². The number of anilines is 1. The number of hydrogen-bond donors (Lipinski definition) is 1. The van der Waals surface area contributed by atoms with Gasteiger partial charge in [0, 0.05) is 10.8 Å². The summed E-state index contributed by atoms with van der Waals surface area (Å²) in [6.45, 7) is 10.8. The highest BCUT2D eigenvalue weighted by atomic mass is 32.2. The van der Waals surface area contributed by atoms with Crippen LogP contribution in [0.15, 0.2) is 46.3 Å². The topological polar surface area (TPSA) is 108 Å². The number of tetrazole rings is 1. The Kier molecular flexibility index (Phi) is 7.83. The van der Waals surface area contributed by atoms with E-state index in [1.807, 2.05) is 32.0 Å². The fourth-order valence-corrected chi connectivity index (χ4v) is 8.57. The van der Waals surface area contributed by atoms with E-state index in [-0.39, 0.29) is 22.4 Å². The van der Waals surface area contributed by atoms with Gasteiger partial charge in [0.1, 0.15) is 10.6 Å². The summed E-state index contributed by atoms with van der Waals surface area (Å²) in [7, 11) is 0. The summed E-state index contributed by atoms with van der Waals surface area (Å²) in [6.07, 6.45) is 4.86. The van der Waals surface area contributed by atoms with Crippen LogP contribution in [0.1, 0.15) is 73.3 Å². The Labute approximate surface area is 274 Å². The van der Waals surface area contributed by atoms with Crippen LogP contribution < -0.4 is 10.9 Å². The molecule has 1 saturated carbocycles. The molecule has 3 aromatic heterocycles. The zero-order chi connectivity index (χ0) is 32.3. The van der Waals surface area contributed by atoms with Gasteiger partial charge in [0.2, 0.25) is 5.91 Å². The summed E-state index contributed by atoms with van der Waals surface area (Å²) in [6, 6.07) is 10.4. The van der Waals surface area contributed by atoms with Gasteiger partial charge in [-0.2, -0.15) is 4.68 Å². The number of aromatic nitrogens is 6. The summed E-state index contributed by atoms with van der Waals surface area (Å²) in [5.74, 6) is 0.514. The first-order valence-corrected chi connectivity index (χ1v) is 17.4. The van der Waals surface area contributed by atoms with Gasteiger partial charge in [-0.3, -0.25) is 14.2 Å². The minimum absolute atomic E-state index is 0.0373. The highest BCUT2D eigenvalue weighted by Crippen LogP contribution is 2.43. The Balaban J connectivity index is 1.21. The number of thioether (sulfide) groups is 1. The normalized spacial score (nSPS) is 16.5. The molecule has 2 aliphatic rings. The predicted molar refractivity (Wildman–Crippen MR) is 180 cm³/mol. The third-order valence-corrected chi connectivity index (χ3v) is 11.3. The summed E-state index contributed by atoms with van der Waals surface area (Å²) in [4.78, 5) is 34.7. The highest BCUT2D eigenvalue weighted by Gasteiger charge is 2.33. The number of para-hydroxylation sites is 1. The second kappa shape index (κ2) is 11.7. The van der Waals surface area contributed by atoms with Crippen molar-refractivity contribution >= 4 is 44.9 Å². The molecular formula is C34H36FN7O2S2. The smallest absolute Gasteiger partial charge is 0.267 e. The van der Waals surface area contributed by atoms with Crippen molar-refractivity contribution in [2.24, 2.45) is 11.3 Å². The van der Waals surface area contributed by atoms with Crippen molar-refractivity contribution in [3.8, 4) is 11.4 Å². The Morgan fingerprint density at radius 2 is 1.89 bits per heavy atom. The molecule has 9 nitrogen and oxygen atoms in total. The summed E-state index contributed by atoms with van der Waals surface area (Å²) >= 11 is 2.78. The lowest BCUT2D eigenvalue weighted by molar-refractivity contribution is -0.113. The van der Waals surface area contributed by atoms with Crippen molar-refractivity contribution in [2.75, 3.05) is 11.1 Å². The van der Waals surface area contributed by atoms with Crippen molar-refractivity contribution in [3.05, 3.63) is 80.0 Å². The first kappa shape index (κ1) is 30.7. The van der Waals surface area contributed by atoms with Crippen LogP contribution in [0.5, 0.6) is 0 Å². The van der Waals surface area contributed by atoms with E-state index >= 15 is 0 Å². The van der Waals surface area contributed by atoms with Crippen molar-refractivity contribution in [3.63, 3.8) is 0 Å². The van der Waals surface area contributed by atoms with E-state index < -0.39 is 11.7 Å². The number of rotatable bonds is 7. The molecule has 3 heterocycles. The van der Waals surface area contributed by atoms with Crippen molar-refractivity contribution in [1.82, 2.24) is 29.8 Å². The van der Waals surface area contributed by atoms with Gasteiger partial charge in [0.05, 0.1) is 28.2 Å². The van der Waals surface area contributed by atoms with Gasteiger partial charge >= 0.3 is 0 Å². The molecule has 0 saturated heterocycles. The molecule has 46 heavy (non-hydrogen) atoms. The molecule has 238 valence electrons. The fourth-order valence-electron chi connectivity index (χ4n) is 6.43. The van der Waals surface area contributed by atoms with Gasteiger partial charge in [0.25, 0.3) is 5.56 Å². The van der Waals surface area contributed by atoms with E-state index in [9.17, 15) is 14.0 Å². The number of hydrogen-bond acceptors (Lipinski definition) is 8. The maximum atomic E-state index is 14.9. The number of halogens is 1. The molecule has 12 heteroatoms. The molecule has 7 rings (SSSR count). The third kappa shape index (κ3) is 5.66. The second-order valence-corrected chi connectivity index (χ2v) is 15.5. The molecule has 0 spiro atoms. The van der Waals surface area contributed by atoms with E-state index in [0.29, 0.717) is 32.9 Å². The molecular weight excluding hydrogens is 622 g/mol. The number of aryl methyl sites for hydroxylation is 3. The lowest BCUT2D eigenvalue weighted by Crippen LogP contribution is -2.27. The zero-order valence-corrected chi connectivity index (χ0v) is 28.2. The predicted octanol–water partition coefficient (Wildman–Crippen LogP) is 6.94. The Morgan fingerprint density at radius 3 is 2.61 bits per heavy atom. The number of carbonyl (C=O) groups excluding carboxylic acids is 1.